The van der Waals surface area contributed by atoms with Gasteiger partial charge in [0.1, 0.15) is 10.6 Å². The Labute approximate surface area is 143 Å². The molecule has 0 saturated heterocycles. The molecule has 1 aromatic carbocycles. The van der Waals surface area contributed by atoms with E-state index in [2.05, 4.69) is 27.0 Å². The van der Waals surface area contributed by atoms with E-state index in [1.807, 2.05) is 42.6 Å². The fourth-order valence-corrected chi connectivity index (χ4v) is 3.67. The number of nitrogens with one attached hydrogen (secondary N) is 1. The van der Waals surface area contributed by atoms with Crippen LogP contribution in [0.15, 0.2) is 47.8 Å². The maximum atomic E-state index is 12.5. The summed E-state index contributed by atoms with van der Waals surface area (Å²) in [6, 6.07) is 14.3. The molecule has 0 aliphatic heterocycles. The van der Waals surface area contributed by atoms with E-state index in [-0.39, 0.29) is 11.9 Å². The second-order valence-electron chi connectivity index (χ2n) is 5.33. The zero-order valence-electron chi connectivity index (χ0n) is 12.7. The van der Waals surface area contributed by atoms with Crippen LogP contribution in [0.25, 0.3) is 10.6 Å². The van der Waals surface area contributed by atoms with Crippen LogP contribution in [0.2, 0.25) is 0 Å². The molecule has 2 aromatic heterocycles. The molecule has 0 unspecified atom stereocenters. The van der Waals surface area contributed by atoms with Crippen molar-refractivity contribution in [2.45, 2.75) is 25.8 Å². The van der Waals surface area contributed by atoms with E-state index in [0.717, 1.165) is 29.3 Å². The lowest BCUT2D eigenvalue weighted by atomic mass is 10.1. The van der Waals surface area contributed by atoms with Crippen molar-refractivity contribution in [3.63, 3.8) is 0 Å². The SMILES string of the molecule is C[C@@H](CCc1ccccc1)NC(=O)c1snnc1-c1cccs1. The predicted octanol–water partition coefficient (Wildman–Crippen LogP) is 4.02. The van der Waals surface area contributed by atoms with Crippen LogP contribution in [-0.2, 0) is 6.42 Å². The first-order chi connectivity index (χ1) is 11.2. The Morgan fingerprint density at radius 3 is 2.78 bits per heavy atom. The Kier molecular flexibility index (Phi) is 5.15. The van der Waals surface area contributed by atoms with Crippen molar-refractivity contribution in [3.05, 3.63) is 58.3 Å². The summed E-state index contributed by atoms with van der Waals surface area (Å²) in [6.45, 7) is 2.03. The van der Waals surface area contributed by atoms with Gasteiger partial charge in [-0.3, -0.25) is 4.79 Å². The van der Waals surface area contributed by atoms with Crippen LogP contribution in [0.4, 0.5) is 0 Å². The number of aromatic nitrogens is 2. The van der Waals surface area contributed by atoms with Gasteiger partial charge in [0.15, 0.2) is 0 Å². The van der Waals surface area contributed by atoms with E-state index >= 15 is 0 Å². The largest absolute Gasteiger partial charge is 0.349 e. The van der Waals surface area contributed by atoms with E-state index < -0.39 is 0 Å². The normalized spacial score (nSPS) is 12.0. The Hall–Kier alpha value is -2.05. The van der Waals surface area contributed by atoms with E-state index in [1.165, 1.54) is 5.56 Å². The predicted molar refractivity (Wildman–Crippen MR) is 94.9 cm³/mol. The highest BCUT2D eigenvalue weighted by Gasteiger charge is 2.19. The highest BCUT2D eigenvalue weighted by Crippen LogP contribution is 2.27. The molecular formula is C17H17N3OS2. The number of thiophene rings is 1. The second-order valence-corrected chi connectivity index (χ2v) is 7.03. The molecule has 3 rings (SSSR count). The first-order valence-corrected chi connectivity index (χ1v) is 9.10. The maximum absolute atomic E-state index is 12.5. The van der Waals surface area contributed by atoms with Gasteiger partial charge in [-0.1, -0.05) is 40.9 Å². The van der Waals surface area contributed by atoms with Crippen LogP contribution in [0.5, 0.6) is 0 Å². The smallest absolute Gasteiger partial charge is 0.265 e. The average Bonchev–Trinajstić information content (AvgIpc) is 3.24. The lowest BCUT2D eigenvalue weighted by Gasteiger charge is -2.13. The summed E-state index contributed by atoms with van der Waals surface area (Å²) < 4.78 is 3.94. The van der Waals surface area contributed by atoms with Gasteiger partial charge in [0.25, 0.3) is 5.91 Å². The molecule has 1 atom stereocenters. The molecule has 4 nitrogen and oxygen atoms in total. The van der Waals surface area contributed by atoms with E-state index in [4.69, 9.17) is 0 Å². The molecule has 23 heavy (non-hydrogen) atoms. The quantitative estimate of drug-likeness (QED) is 0.735. The number of hydrogen-bond acceptors (Lipinski definition) is 5. The van der Waals surface area contributed by atoms with Crippen LogP contribution in [0, 0.1) is 0 Å². The van der Waals surface area contributed by atoms with Crippen LogP contribution in [0.1, 0.15) is 28.6 Å². The topological polar surface area (TPSA) is 54.9 Å². The van der Waals surface area contributed by atoms with Crippen molar-refractivity contribution in [1.82, 2.24) is 14.9 Å². The third-order valence-electron chi connectivity index (χ3n) is 3.54. The van der Waals surface area contributed by atoms with Crippen LogP contribution < -0.4 is 5.32 Å². The zero-order chi connectivity index (χ0) is 16.1. The molecule has 0 radical (unpaired) electrons. The first-order valence-electron chi connectivity index (χ1n) is 7.45. The third-order valence-corrected chi connectivity index (χ3v) is 5.14. The maximum Gasteiger partial charge on any atom is 0.265 e. The fourth-order valence-electron chi connectivity index (χ4n) is 2.30. The number of carbonyl (C=O) groups is 1. The van der Waals surface area contributed by atoms with Gasteiger partial charge in [-0.25, -0.2) is 0 Å². The van der Waals surface area contributed by atoms with Crippen LogP contribution in [-0.4, -0.2) is 21.5 Å². The van der Waals surface area contributed by atoms with Gasteiger partial charge in [0.2, 0.25) is 0 Å². The molecule has 1 amide bonds. The van der Waals surface area contributed by atoms with E-state index in [1.54, 1.807) is 11.3 Å². The molecule has 0 fully saturated rings. The molecule has 0 aliphatic carbocycles. The summed E-state index contributed by atoms with van der Waals surface area (Å²) in [4.78, 5) is 14.0. The zero-order valence-corrected chi connectivity index (χ0v) is 14.4. The third kappa shape index (κ3) is 4.03. The van der Waals surface area contributed by atoms with Gasteiger partial charge >= 0.3 is 0 Å². The summed E-state index contributed by atoms with van der Waals surface area (Å²) in [6.07, 6.45) is 1.84. The molecule has 1 N–H and O–H groups in total. The van der Waals surface area contributed by atoms with Crippen molar-refractivity contribution >= 4 is 28.8 Å². The van der Waals surface area contributed by atoms with Gasteiger partial charge in [-0.15, -0.1) is 16.4 Å². The molecule has 6 heteroatoms. The highest BCUT2D eigenvalue weighted by molar-refractivity contribution is 7.14. The minimum atomic E-state index is -0.0936. The number of benzene rings is 1. The molecule has 3 aromatic rings. The minimum Gasteiger partial charge on any atom is -0.349 e. The highest BCUT2D eigenvalue weighted by atomic mass is 32.1. The number of carbonyl (C=O) groups excluding carboxylic acids is 1. The summed E-state index contributed by atoms with van der Waals surface area (Å²) in [7, 11) is 0. The number of hydrogen-bond donors (Lipinski definition) is 1. The summed E-state index contributed by atoms with van der Waals surface area (Å²) >= 11 is 2.71. The van der Waals surface area contributed by atoms with Gasteiger partial charge in [0, 0.05) is 6.04 Å². The summed E-state index contributed by atoms with van der Waals surface area (Å²) in [5.41, 5.74) is 1.96. The van der Waals surface area contributed by atoms with Crippen molar-refractivity contribution in [2.75, 3.05) is 0 Å². The van der Waals surface area contributed by atoms with E-state index in [0.29, 0.717) is 10.6 Å². The summed E-state index contributed by atoms with van der Waals surface area (Å²) in [5, 5.41) is 9.12. The minimum absolute atomic E-state index is 0.0936. The molecule has 0 saturated carbocycles. The van der Waals surface area contributed by atoms with Gasteiger partial charge in [0.05, 0.1) is 4.88 Å². The van der Waals surface area contributed by atoms with Gasteiger partial charge in [-0.2, -0.15) is 0 Å². The number of nitrogens with zero attached hydrogens (tertiary/aromatic N) is 2. The Bertz CT molecular complexity index is 753. The van der Waals surface area contributed by atoms with Crippen molar-refractivity contribution < 1.29 is 4.79 Å². The van der Waals surface area contributed by atoms with Crippen LogP contribution >= 0.6 is 22.9 Å². The Morgan fingerprint density at radius 2 is 2.04 bits per heavy atom. The van der Waals surface area contributed by atoms with E-state index in [9.17, 15) is 4.79 Å². The van der Waals surface area contributed by atoms with Gasteiger partial charge < -0.3 is 5.32 Å². The number of amides is 1. The molecule has 2 heterocycles. The molecule has 0 bridgehead atoms. The van der Waals surface area contributed by atoms with Crippen molar-refractivity contribution in [1.29, 1.82) is 0 Å². The van der Waals surface area contributed by atoms with Crippen molar-refractivity contribution in [2.24, 2.45) is 0 Å². The lowest BCUT2D eigenvalue weighted by Crippen LogP contribution is -2.32. The Morgan fingerprint density at radius 1 is 1.22 bits per heavy atom. The summed E-state index contributed by atoms with van der Waals surface area (Å²) in [5.74, 6) is -0.0936. The number of rotatable bonds is 6. The lowest BCUT2D eigenvalue weighted by molar-refractivity contribution is 0.0943. The monoisotopic (exact) mass is 343 g/mol. The molecular weight excluding hydrogens is 326 g/mol. The Balaban J connectivity index is 1.60. The average molecular weight is 343 g/mol. The van der Waals surface area contributed by atoms with Crippen LogP contribution in [0.3, 0.4) is 0 Å². The molecule has 0 aliphatic rings. The van der Waals surface area contributed by atoms with Gasteiger partial charge in [-0.05, 0) is 48.3 Å². The standard InChI is InChI=1S/C17H17N3OS2/c1-12(9-10-13-6-3-2-4-7-13)18-17(21)16-15(19-20-23-16)14-8-5-11-22-14/h2-8,11-12H,9-10H2,1H3,(H,18,21)/t12-/m0/s1. The van der Waals surface area contributed by atoms with Crippen molar-refractivity contribution in [3.8, 4) is 10.6 Å². The fraction of sp³-hybridized carbons (Fsp3) is 0.235. The molecule has 0 spiro atoms. The molecule has 118 valence electrons. The first kappa shape index (κ1) is 15.8. The number of aryl methyl sites for hydroxylation is 1. The second kappa shape index (κ2) is 7.48.